The van der Waals surface area contributed by atoms with Crippen LogP contribution in [-0.2, 0) is 6.42 Å². The minimum absolute atomic E-state index is 0.171. The third-order valence-electron chi connectivity index (χ3n) is 3.87. The molecule has 1 aliphatic heterocycles. The average molecular weight is 268 g/mol. The number of hydrogen-bond donors (Lipinski definition) is 1. The van der Waals surface area contributed by atoms with Crippen LogP contribution in [0.25, 0.3) is 0 Å². The summed E-state index contributed by atoms with van der Waals surface area (Å²) in [5.41, 5.74) is 1.26. The molecule has 2 atom stereocenters. The third kappa shape index (κ3) is 3.47. The molecule has 0 spiro atoms. The molecule has 0 aliphatic carbocycles. The molecule has 0 aromatic heterocycles. The van der Waals surface area contributed by atoms with Crippen LogP contribution in [0.3, 0.4) is 0 Å². The van der Waals surface area contributed by atoms with Crippen LogP contribution in [0.2, 0.25) is 5.02 Å². The highest BCUT2D eigenvalue weighted by Gasteiger charge is 2.28. The lowest BCUT2D eigenvalue weighted by molar-refractivity contribution is 0.0156. The molecule has 0 bridgehead atoms. The molecule has 0 amide bonds. The van der Waals surface area contributed by atoms with Gasteiger partial charge in [0.15, 0.2) is 0 Å². The zero-order valence-corrected chi connectivity index (χ0v) is 11.9. The first-order valence-electron chi connectivity index (χ1n) is 6.73. The van der Waals surface area contributed by atoms with Gasteiger partial charge in [-0.15, -0.1) is 0 Å². The van der Waals surface area contributed by atoms with E-state index in [0.29, 0.717) is 12.0 Å². The lowest BCUT2D eigenvalue weighted by Gasteiger charge is -2.38. The number of aliphatic hydroxyl groups excluding tert-OH is 1. The summed E-state index contributed by atoms with van der Waals surface area (Å²) in [5, 5.41) is 10.9. The number of halogens is 1. The van der Waals surface area contributed by atoms with Crippen molar-refractivity contribution in [2.24, 2.45) is 5.92 Å². The van der Waals surface area contributed by atoms with Crippen molar-refractivity contribution in [3.8, 4) is 0 Å². The molecule has 0 radical (unpaired) electrons. The molecule has 100 valence electrons. The summed E-state index contributed by atoms with van der Waals surface area (Å²) in [6.45, 7) is 6.44. The standard InChI is InChI=1S/C15H22ClNO/c1-11(2)17-8-7-15(18)13(10-17)9-12-3-5-14(16)6-4-12/h3-6,11,13,15,18H,7-10H2,1-2H3/t13-,15+/m1/s1. The van der Waals surface area contributed by atoms with Gasteiger partial charge in [0.2, 0.25) is 0 Å². The number of rotatable bonds is 3. The van der Waals surface area contributed by atoms with Gasteiger partial charge in [-0.2, -0.15) is 0 Å². The minimum Gasteiger partial charge on any atom is -0.393 e. The van der Waals surface area contributed by atoms with Gasteiger partial charge in [0, 0.05) is 30.1 Å². The summed E-state index contributed by atoms with van der Waals surface area (Å²) in [7, 11) is 0. The second-order valence-electron chi connectivity index (χ2n) is 5.54. The molecule has 1 fully saturated rings. The monoisotopic (exact) mass is 267 g/mol. The Kier molecular flexibility index (Phi) is 4.66. The second-order valence-corrected chi connectivity index (χ2v) is 5.97. The largest absolute Gasteiger partial charge is 0.393 e. The lowest BCUT2D eigenvalue weighted by Crippen LogP contribution is -2.46. The van der Waals surface area contributed by atoms with Gasteiger partial charge in [-0.05, 0) is 44.4 Å². The van der Waals surface area contributed by atoms with Gasteiger partial charge in [-0.25, -0.2) is 0 Å². The van der Waals surface area contributed by atoms with Crippen LogP contribution in [0.4, 0.5) is 0 Å². The first-order valence-corrected chi connectivity index (χ1v) is 7.10. The third-order valence-corrected chi connectivity index (χ3v) is 4.12. The summed E-state index contributed by atoms with van der Waals surface area (Å²) < 4.78 is 0. The van der Waals surface area contributed by atoms with Crippen LogP contribution in [-0.4, -0.2) is 35.2 Å². The minimum atomic E-state index is -0.171. The Morgan fingerprint density at radius 2 is 2.00 bits per heavy atom. The average Bonchev–Trinajstić information content (AvgIpc) is 2.34. The highest BCUT2D eigenvalue weighted by Crippen LogP contribution is 2.23. The van der Waals surface area contributed by atoms with Crippen molar-refractivity contribution < 1.29 is 5.11 Å². The Labute approximate surface area is 115 Å². The van der Waals surface area contributed by atoms with Crippen molar-refractivity contribution in [2.75, 3.05) is 13.1 Å². The first-order chi connectivity index (χ1) is 8.56. The molecule has 1 aromatic carbocycles. The normalized spacial score (nSPS) is 25.6. The maximum Gasteiger partial charge on any atom is 0.0596 e. The maximum atomic E-state index is 10.1. The zero-order valence-electron chi connectivity index (χ0n) is 11.1. The predicted molar refractivity (Wildman–Crippen MR) is 76.0 cm³/mol. The molecule has 1 aromatic rings. The van der Waals surface area contributed by atoms with E-state index in [9.17, 15) is 5.11 Å². The van der Waals surface area contributed by atoms with Gasteiger partial charge in [0.1, 0.15) is 0 Å². The Bertz CT molecular complexity index is 377. The molecular weight excluding hydrogens is 246 g/mol. The lowest BCUT2D eigenvalue weighted by atomic mass is 9.88. The molecule has 1 aliphatic rings. The highest BCUT2D eigenvalue weighted by molar-refractivity contribution is 6.30. The molecule has 0 saturated carbocycles. The van der Waals surface area contributed by atoms with Gasteiger partial charge in [-0.1, -0.05) is 23.7 Å². The van der Waals surface area contributed by atoms with Gasteiger partial charge in [0.05, 0.1) is 6.10 Å². The van der Waals surface area contributed by atoms with E-state index in [2.05, 4.69) is 30.9 Å². The number of nitrogens with zero attached hydrogens (tertiary/aromatic N) is 1. The molecule has 1 heterocycles. The van der Waals surface area contributed by atoms with Crippen molar-refractivity contribution in [2.45, 2.75) is 38.8 Å². The number of likely N-dealkylation sites (tertiary alicyclic amines) is 1. The number of hydrogen-bond acceptors (Lipinski definition) is 2. The summed E-state index contributed by atoms with van der Waals surface area (Å²) in [4.78, 5) is 2.45. The Morgan fingerprint density at radius 1 is 1.33 bits per heavy atom. The van der Waals surface area contributed by atoms with Crippen LogP contribution in [0.15, 0.2) is 24.3 Å². The Hall–Kier alpha value is -0.570. The van der Waals surface area contributed by atoms with Crippen LogP contribution in [0.5, 0.6) is 0 Å². The van der Waals surface area contributed by atoms with Crippen LogP contribution in [0.1, 0.15) is 25.8 Å². The Balaban J connectivity index is 2.00. The molecule has 2 rings (SSSR count). The summed E-state index contributed by atoms with van der Waals surface area (Å²) in [5.74, 6) is 0.335. The van der Waals surface area contributed by atoms with E-state index in [4.69, 9.17) is 11.6 Å². The molecule has 0 unspecified atom stereocenters. The number of piperidine rings is 1. The van der Waals surface area contributed by atoms with Crippen LogP contribution in [0, 0.1) is 5.92 Å². The second kappa shape index (κ2) is 6.05. The van der Waals surface area contributed by atoms with E-state index in [0.717, 1.165) is 31.0 Å². The van der Waals surface area contributed by atoms with Gasteiger partial charge in [-0.3, -0.25) is 0 Å². The van der Waals surface area contributed by atoms with Gasteiger partial charge < -0.3 is 10.0 Å². The molecule has 2 nitrogen and oxygen atoms in total. The van der Waals surface area contributed by atoms with E-state index in [1.807, 2.05) is 12.1 Å². The molecule has 3 heteroatoms. The summed E-state index contributed by atoms with van der Waals surface area (Å²) in [6, 6.07) is 8.52. The van der Waals surface area contributed by atoms with E-state index in [1.54, 1.807) is 0 Å². The quantitative estimate of drug-likeness (QED) is 0.910. The first kappa shape index (κ1) is 13.9. The fourth-order valence-corrected chi connectivity index (χ4v) is 2.77. The van der Waals surface area contributed by atoms with Crippen molar-refractivity contribution in [1.82, 2.24) is 4.90 Å². The fourth-order valence-electron chi connectivity index (χ4n) is 2.64. The number of aliphatic hydroxyl groups is 1. The summed E-state index contributed by atoms with van der Waals surface area (Å²) >= 11 is 5.89. The van der Waals surface area contributed by atoms with Gasteiger partial charge >= 0.3 is 0 Å². The molecule has 1 N–H and O–H groups in total. The van der Waals surface area contributed by atoms with Crippen molar-refractivity contribution >= 4 is 11.6 Å². The van der Waals surface area contributed by atoms with Crippen molar-refractivity contribution in [3.63, 3.8) is 0 Å². The van der Waals surface area contributed by atoms with E-state index in [-0.39, 0.29) is 6.10 Å². The van der Waals surface area contributed by atoms with Crippen molar-refractivity contribution in [3.05, 3.63) is 34.9 Å². The highest BCUT2D eigenvalue weighted by atomic mass is 35.5. The molecule has 1 saturated heterocycles. The van der Waals surface area contributed by atoms with Crippen LogP contribution < -0.4 is 0 Å². The Morgan fingerprint density at radius 3 is 2.61 bits per heavy atom. The SMILES string of the molecule is CC(C)N1CC[C@H](O)[C@H](Cc2ccc(Cl)cc2)C1. The van der Waals surface area contributed by atoms with E-state index < -0.39 is 0 Å². The predicted octanol–water partition coefficient (Wildman–Crippen LogP) is 2.97. The topological polar surface area (TPSA) is 23.5 Å². The van der Waals surface area contributed by atoms with Crippen LogP contribution >= 0.6 is 11.6 Å². The van der Waals surface area contributed by atoms with Gasteiger partial charge in [0.25, 0.3) is 0 Å². The molecule has 18 heavy (non-hydrogen) atoms. The number of benzene rings is 1. The smallest absolute Gasteiger partial charge is 0.0596 e. The van der Waals surface area contributed by atoms with E-state index in [1.165, 1.54) is 5.56 Å². The van der Waals surface area contributed by atoms with E-state index >= 15 is 0 Å². The maximum absolute atomic E-state index is 10.1. The molecular formula is C15H22ClNO. The zero-order chi connectivity index (χ0) is 13.1. The van der Waals surface area contributed by atoms with Crippen molar-refractivity contribution in [1.29, 1.82) is 0 Å². The fraction of sp³-hybridized carbons (Fsp3) is 0.600. The summed E-state index contributed by atoms with van der Waals surface area (Å²) in [6.07, 6.45) is 1.65.